The van der Waals surface area contributed by atoms with Gasteiger partial charge in [-0.25, -0.2) is 4.79 Å². The first-order valence-electron chi connectivity index (χ1n) is 9.83. The van der Waals surface area contributed by atoms with Crippen molar-refractivity contribution in [1.82, 2.24) is 14.8 Å². The number of carbonyl (C=O) groups excluding carboxylic acids is 2. The predicted octanol–water partition coefficient (Wildman–Crippen LogP) is 3.21. The maximum Gasteiger partial charge on any atom is 0.409 e. The van der Waals surface area contributed by atoms with Crippen LogP contribution in [0.15, 0.2) is 18.2 Å². The minimum atomic E-state index is -0.322. The second-order valence-corrected chi connectivity index (χ2v) is 7.76. The Morgan fingerprint density at radius 2 is 1.93 bits per heavy atom. The van der Waals surface area contributed by atoms with E-state index >= 15 is 0 Å². The maximum absolute atomic E-state index is 13.3. The number of benzene rings is 1. The molecule has 1 unspecified atom stereocenters. The van der Waals surface area contributed by atoms with Crippen LogP contribution in [0.5, 0.6) is 0 Å². The molecule has 1 atom stereocenters. The van der Waals surface area contributed by atoms with Gasteiger partial charge in [-0.05, 0) is 43.2 Å². The molecule has 1 aliphatic heterocycles. The zero-order valence-corrected chi connectivity index (χ0v) is 16.1. The van der Waals surface area contributed by atoms with Gasteiger partial charge in [-0.3, -0.25) is 4.79 Å². The summed E-state index contributed by atoms with van der Waals surface area (Å²) < 4.78 is 4.82. The number of hydrogen-bond donors (Lipinski definition) is 1. The fraction of sp³-hybridized carbons (Fsp3) is 0.524. The van der Waals surface area contributed by atoms with Gasteiger partial charge >= 0.3 is 6.09 Å². The standard InChI is InChI=1S/C21H27N3O3/c1-14-7-8-18-17(13-14)15-5-3-6-16(19(15)22-18)20(25)23-9-4-10-24(12-11-23)21(26)27-2/h3,5-6,14,22H,4,7-13H2,1-2H3. The van der Waals surface area contributed by atoms with Crippen molar-refractivity contribution in [3.05, 3.63) is 35.0 Å². The van der Waals surface area contributed by atoms with Gasteiger partial charge in [0.2, 0.25) is 0 Å². The van der Waals surface area contributed by atoms with E-state index in [0.29, 0.717) is 32.1 Å². The molecule has 1 aliphatic carbocycles. The fourth-order valence-electron chi connectivity index (χ4n) is 4.40. The number of ether oxygens (including phenoxy) is 1. The summed E-state index contributed by atoms with van der Waals surface area (Å²) in [7, 11) is 1.39. The molecule has 1 aromatic heterocycles. The zero-order valence-electron chi connectivity index (χ0n) is 16.1. The summed E-state index contributed by atoms with van der Waals surface area (Å²) in [5.41, 5.74) is 4.37. The summed E-state index contributed by atoms with van der Waals surface area (Å²) in [6.07, 6.45) is 3.76. The molecule has 2 heterocycles. The number of aryl methyl sites for hydroxylation is 1. The van der Waals surface area contributed by atoms with Gasteiger partial charge in [-0.2, -0.15) is 0 Å². The summed E-state index contributed by atoms with van der Waals surface area (Å²) in [6.45, 7) is 4.60. The smallest absolute Gasteiger partial charge is 0.409 e. The quantitative estimate of drug-likeness (QED) is 0.839. The average Bonchev–Trinajstić information content (AvgIpc) is 2.88. The Hall–Kier alpha value is -2.50. The van der Waals surface area contributed by atoms with E-state index in [-0.39, 0.29) is 12.0 Å². The SMILES string of the molecule is COC(=O)N1CCCN(C(=O)c2cccc3c4c([nH]c23)CCC(C)C4)CC1. The number of fused-ring (bicyclic) bond motifs is 3. The van der Waals surface area contributed by atoms with Crippen LogP contribution in [0.1, 0.15) is 41.4 Å². The maximum atomic E-state index is 13.3. The topological polar surface area (TPSA) is 65.6 Å². The third-order valence-corrected chi connectivity index (χ3v) is 5.92. The van der Waals surface area contributed by atoms with Gasteiger partial charge in [0.25, 0.3) is 5.91 Å². The van der Waals surface area contributed by atoms with E-state index in [4.69, 9.17) is 4.74 Å². The highest BCUT2D eigenvalue weighted by Gasteiger charge is 2.26. The lowest BCUT2D eigenvalue weighted by Gasteiger charge is -2.21. The molecule has 1 fully saturated rings. The molecule has 2 aromatic rings. The largest absolute Gasteiger partial charge is 0.453 e. The number of para-hydroxylation sites is 1. The van der Waals surface area contributed by atoms with Crippen molar-refractivity contribution in [1.29, 1.82) is 0 Å². The van der Waals surface area contributed by atoms with Crippen molar-refractivity contribution in [2.45, 2.75) is 32.6 Å². The van der Waals surface area contributed by atoms with Crippen molar-refractivity contribution >= 4 is 22.9 Å². The molecule has 1 aromatic carbocycles. The van der Waals surface area contributed by atoms with Crippen molar-refractivity contribution in [2.24, 2.45) is 5.92 Å². The molecular formula is C21H27N3O3. The van der Waals surface area contributed by atoms with Gasteiger partial charge in [-0.1, -0.05) is 19.1 Å². The van der Waals surface area contributed by atoms with E-state index in [1.807, 2.05) is 17.0 Å². The second kappa shape index (κ2) is 7.25. The zero-order chi connectivity index (χ0) is 19.0. The van der Waals surface area contributed by atoms with Crippen LogP contribution in [-0.4, -0.2) is 60.1 Å². The molecule has 0 radical (unpaired) electrons. The van der Waals surface area contributed by atoms with E-state index in [9.17, 15) is 9.59 Å². The first-order chi connectivity index (χ1) is 13.1. The molecule has 4 rings (SSSR count). The predicted molar refractivity (Wildman–Crippen MR) is 104 cm³/mol. The number of carbonyl (C=O) groups is 2. The molecule has 0 saturated carbocycles. The van der Waals surface area contributed by atoms with Crippen LogP contribution < -0.4 is 0 Å². The number of H-pyrrole nitrogens is 1. The van der Waals surface area contributed by atoms with Crippen LogP contribution >= 0.6 is 0 Å². The molecule has 6 heteroatoms. The number of amides is 2. The highest BCUT2D eigenvalue weighted by Crippen LogP contribution is 2.33. The van der Waals surface area contributed by atoms with Gasteiger partial charge in [0, 0.05) is 37.3 Å². The number of aromatic amines is 1. The number of methoxy groups -OCH3 is 1. The fourth-order valence-corrected chi connectivity index (χ4v) is 4.40. The van der Waals surface area contributed by atoms with Crippen LogP contribution in [0.2, 0.25) is 0 Å². The Kier molecular flexibility index (Phi) is 4.81. The molecule has 144 valence electrons. The van der Waals surface area contributed by atoms with E-state index in [1.54, 1.807) is 4.90 Å². The number of nitrogens with zero attached hydrogens (tertiary/aromatic N) is 2. The van der Waals surface area contributed by atoms with Crippen LogP contribution in [0.4, 0.5) is 4.79 Å². The number of nitrogens with one attached hydrogen (secondary N) is 1. The lowest BCUT2D eigenvalue weighted by Crippen LogP contribution is -2.37. The Morgan fingerprint density at radius 1 is 1.15 bits per heavy atom. The highest BCUT2D eigenvalue weighted by atomic mass is 16.5. The van der Waals surface area contributed by atoms with Crippen molar-refractivity contribution in [3.8, 4) is 0 Å². The monoisotopic (exact) mass is 369 g/mol. The minimum Gasteiger partial charge on any atom is -0.453 e. The highest BCUT2D eigenvalue weighted by molar-refractivity contribution is 6.06. The first kappa shape index (κ1) is 17.9. The van der Waals surface area contributed by atoms with Crippen molar-refractivity contribution in [2.75, 3.05) is 33.3 Å². The second-order valence-electron chi connectivity index (χ2n) is 7.76. The van der Waals surface area contributed by atoms with Crippen molar-refractivity contribution < 1.29 is 14.3 Å². The molecule has 1 saturated heterocycles. The van der Waals surface area contributed by atoms with E-state index in [2.05, 4.69) is 18.0 Å². The Morgan fingerprint density at radius 3 is 2.74 bits per heavy atom. The van der Waals surface area contributed by atoms with E-state index < -0.39 is 0 Å². The first-order valence-corrected chi connectivity index (χ1v) is 9.83. The third-order valence-electron chi connectivity index (χ3n) is 5.92. The molecule has 27 heavy (non-hydrogen) atoms. The number of aromatic nitrogens is 1. The number of rotatable bonds is 1. The normalized spacial score (nSPS) is 20.3. The molecule has 1 N–H and O–H groups in total. The van der Waals surface area contributed by atoms with Gasteiger partial charge in [0.05, 0.1) is 18.2 Å². The van der Waals surface area contributed by atoms with Crippen LogP contribution in [-0.2, 0) is 17.6 Å². The van der Waals surface area contributed by atoms with Crippen LogP contribution in [0.3, 0.4) is 0 Å². The molecule has 6 nitrogen and oxygen atoms in total. The van der Waals surface area contributed by atoms with Crippen LogP contribution in [0.25, 0.3) is 10.9 Å². The summed E-state index contributed by atoms with van der Waals surface area (Å²) >= 11 is 0. The number of hydrogen-bond acceptors (Lipinski definition) is 3. The molecular weight excluding hydrogens is 342 g/mol. The lowest BCUT2D eigenvalue weighted by atomic mass is 9.87. The minimum absolute atomic E-state index is 0.0407. The van der Waals surface area contributed by atoms with E-state index in [0.717, 1.165) is 30.3 Å². The molecule has 0 bridgehead atoms. The van der Waals surface area contributed by atoms with Crippen LogP contribution in [0, 0.1) is 5.92 Å². The molecule has 2 aliphatic rings. The summed E-state index contributed by atoms with van der Waals surface area (Å²) in [4.78, 5) is 32.1. The average molecular weight is 369 g/mol. The Labute approximate surface area is 159 Å². The summed E-state index contributed by atoms with van der Waals surface area (Å²) in [6, 6.07) is 6.03. The lowest BCUT2D eigenvalue weighted by molar-refractivity contribution is 0.0759. The Balaban J connectivity index is 1.61. The Bertz CT molecular complexity index is 873. The van der Waals surface area contributed by atoms with Gasteiger partial charge in [0.15, 0.2) is 0 Å². The van der Waals surface area contributed by atoms with Gasteiger partial charge in [0.1, 0.15) is 0 Å². The molecule has 0 spiro atoms. The van der Waals surface area contributed by atoms with E-state index in [1.165, 1.54) is 30.2 Å². The molecule has 2 amide bonds. The van der Waals surface area contributed by atoms with Crippen molar-refractivity contribution in [3.63, 3.8) is 0 Å². The third kappa shape index (κ3) is 3.29. The summed E-state index contributed by atoms with van der Waals surface area (Å²) in [5.74, 6) is 0.727. The summed E-state index contributed by atoms with van der Waals surface area (Å²) in [5, 5.41) is 1.19. The van der Waals surface area contributed by atoms with Gasteiger partial charge < -0.3 is 19.5 Å². The van der Waals surface area contributed by atoms with Gasteiger partial charge in [-0.15, -0.1) is 0 Å².